The Labute approximate surface area is 123 Å². The number of hydrogen-bond acceptors (Lipinski definition) is 5. The van der Waals surface area contributed by atoms with Crippen LogP contribution in [0.2, 0.25) is 0 Å². The van der Waals surface area contributed by atoms with Gasteiger partial charge in [-0.15, -0.1) is 0 Å². The summed E-state index contributed by atoms with van der Waals surface area (Å²) in [5.74, 6) is -0.281. The van der Waals surface area contributed by atoms with Crippen molar-refractivity contribution in [3.8, 4) is 0 Å². The molecule has 1 saturated heterocycles. The number of aliphatic hydroxyl groups excluding tert-OH is 1. The molecule has 2 N–H and O–H groups in total. The van der Waals surface area contributed by atoms with Gasteiger partial charge in [0.25, 0.3) is 5.91 Å². The van der Waals surface area contributed by atoms with E-state index in [0.717, 1.165) is 0 Å². The number of carbonyl (C=O) groups is 1. The first-order valence-electron chi connectivity index (χ1n) is 6.75. The molecule has 0 aliphatic carbocycles. The Balaban J connectivity index is 2.26. The zero-order valence-electron chi connectivity index (χ0n) is 12.4. The van der Waals surface area contributed by atoms with Crippen molar-refractivity contribution in [2.75, 3.05) is 20.8 Å². The minimum absolute atomic E-state index is 0.0281. The molecular formula is C15H21NO5. The van der Waals surface area contributed by atoms with Gasteiger partial charge in [0, 0.05) is 19.7 Å². The molecule has 1 aromatic rings. The van der Waals surface area contributed by atoms with Crippen molar-refractivity contribution in [1.82, 2.24) is 4.90 Å². The van der Waals surface area contributed by atoms with Crippen LogP contribution in [0.4, 0.5) is 0 Å². The third-order valence-electron chi connectivity index (χ3n) is 3.77. The lowest BCUT2D eigenvalue weighted by molar-refractivity contribution is -0.269. The second kappa shape index (κ2) is 6.11. The van der Waals surface area contributed by atoms with Gasteiger partial charge in [0.2, 0.25) is 0 Å². The predicted molar refractivity (Wildman–Crippen MR) is 75.7 cm³/mol. The summed E-state index contributed by atoms with van der Waals surface area (Å²) >= 11 is 0. The van der Waals surface area contributed by atoms with Crippen molar-refractivity contribution in [1.29, 1.82) is 0 Å². The number of methoxy groups -OCH3 is 1. The van der Waals surface area contributed by atoms with E-state index < -0.39 is 24.0 Å². The van der Waals surface area contributed by atoms with Crippen LogP contribution in [0.3, 0.4) is 0 Å². The maximum absolute atomic E-state index is 12.5. The molecule has 0 aromatic heterocycles. The third-order valence-corrected chi connectivity index (χ3v) is 3.77. The fourth-order valence-electron chi connectivity index (χ4n) is 2.72. The lowest BCUT2D eigenvalue weighted by Crippen LogP contribution is -2.66. The van der Waals surface area contributed by atoms with Crippen molar-refractivity contribution in [2.24, 2.45) is 0 Å². The van der Waals surface area contributed by atoms with E-state index in [9.17, 15) is 15.0 Å². The first-order valence-corrected chi connectivity index (χ1v) is 6.75. The fourth-order valence-corrected chi connectivity index (χ4v) is 2.72. The molecule has 0 saturated carbocycles. The second-order valence-corrected chi connectivity index (χ2v) is 5.49. The first-order chi connectivity index (χ1) is 9.88. The van der Waals surface area contributed by atoms with Crippen LogP contribution in [0.15, 0.2) is 30.3 Å². The van der Waals surface area contributed by atoms with Crippen LogP contribution in [0.25, 0.3) is 0 Å². The molecule has 1 aromatic carbocycles. The Bertz CT molecular complexity index is 490. The van der Waals surface area contributed by atoms with Crippen molar-refractivity contribution >= 4 is 5.91 Å². The average molecular weight is 295 g/mol. The van der Waals surface area contributed by atoms with Crippen LogP contribution in [0, 0.1) is 0 Å². The number of hydrogen-bond donors (Lipinski definition) is 2. The van der Waals surface area contributed by atoms with Gasteiger partial charge in [-0.05, 0) is 19.1 Å². The van der Waals surface area contributed by atoms with Crippen molar-refractivity contribution in [2.45, 2.75) is 31.0 Å². The minimum Gasteiger partial charge on any atom is -0.386 e. The Morgan fingerprint density at radius 3 is 2.62 bits per heavy atom. The summed E-state index contributed by atoms with van der Waals surface area (Å²) in [6.45, 7) is 1.50. The third kappa shape index (κ3) is 3.08. The molecule has 6 heteroatoms. The number of benzene rings is 1. The van der Waals surface area contributed by atoms with Gasteiger partial charge in [-0.1, -0.05) is 18.2 Å². The summed E-state index contributed by atoms with van der Waals surface area (Å²) in [5.41, 5.74) is -0.878. The minimum atomic E-state index is -1.37. The van der Waals surface area contributed by atoms with Gasteiger partial charge in [0.05, 0.1) is 12.6 Å². The SMILES string of the molecule is CO[C@H]1OC[C@](C)(O)[C@H](N(C)C(=O)c2ccccc2)[C@H]1O. The molecule has 0 spiro atoms. The van der Waals surface area contributed by atoms with E-state index in [1.165, 1.54) is 18.9 Å². The van der Waals surface area contributed by atoms with E-state index in [2.05, 4.69) is 0 Å². The summed E-state index contributed by atoms with van der Waals surface area (Å²) in [4.78, 5) is 13.8. The van der Waals surface area contributed by atoms with Gasteiger partial charge in [0.15, 0.2) is 6.29 Å². The monoisotopic (exact) mass is 295 g/mol. The van der Waals surface area contributed by atoms with Gasteiger partial charge in [-0.3, -0.25) is 4.79 Å². The Morgan fingerprint density at radius 1 is 1.43 bits per heavy atom. The highest BCUT2D eigenvalue weighted by atomic mass is 16.7. The van der Waals surface area contributed by atoms with E-state index in [1.807, 2.05) is 6.07 Å². The largest absolute Gasteiger partial charge is 0.386 e. The lowest BCUT2D eigenvalue weighted by Gasteiger charge is -2.47. The zero-order chi connectivity index (χ0) is 15.6. The maximum atomic E-state index is 12.5. The standard InChI is InChI=1S/C15H21NO5/c1-15(19)9-21-14(20-3)11(17)12(15)16(2)13(18)10-7-5-4-6-8-10/h4-8,11-12,14,17,19H,9H2,1-3H3/t11-,12-,14+,15+/m1/s1. The number of likely N-dealkylation sites (N-methyl/N-ethyl adjacent to an activating group) is 1. The van der Waals surface area contributed by atoms with E-state index in [1.54, 1.807) is 31.3 Å². The van der Waals surface area contributed by atoms with Crippen LogP contribution in [0.5, 0.6) is 0 Å². The van der Waals surface area contributed by atoms with E-state index >= 15 is 0 Å². The average Bonchev–Trinajstić information content (AvgIpc) is 2.47. The number of ether oxygens (including phenoxy) is 2. The number of aliphatic hydroxyl groups is 2. The summed E-state index contributed by atoms with van der Waals surface area (Å²) in [6, 6.07) is 7.89. The van der Waals surface area contributed by atoms with Gasteiger partial charge in [0.1, 0.15) is 11.7 Å². The maximum Gasteiger partial charge on any atom is 0.254 e. The fraction of sp³-hybridized carbons (Fsp3) is 0.533. The van der Waals surface area contributed by atoms with Gasteiger partial charge in [-0.2, -0.15) is 0 Å². The molecule has 4 atom stereocenters. The summed E-state index contributed by atoms with van der Waals surface area (Å²) in [5, 5.41) is 20.8. The molecule has 0 unspecified atom stereocenters. The van der Waals surface area contributed by atoms with Gasteiger partial charge in [-0.25, -0.2) is 0 Å². The van der Waals surface area contributed by atoms with Crippen molar-refractivity contribution < 1.29 is 24.5 Å². The van der Waals surface area contributed by atoms with Crippen molar-refractivity contribution in [3.63, 3.8) is 0 Å². The quantitative estimate of drug-likeness (QED) is 0.835. The summed E-state index contributed by atoms with van der Waals surface area (Å²) < 4.78 is 10.3. The number of rotatable bonds is 3. The molecule has 1 fully saturated rings. The van der Waals surface area contributed by atoms with E-state index in [0.29, 0.717) is 5.56 Å². The van der Waals surface area contributed by atoms with E-state index in [-0.39, 0.29) is 12.5 Å². The topological polar surface area (TPSA) is 79.2 Å². The van der Waals surface area contributed by atoms with Crippen LogP contribution in [0.1, 0.15) is 17.3 Å². The summed E-state index contributed by atoms with van der Waals surface area (Å²) in [6.07, 6.45) is -2.02. The van der Waals surface area contributed by atoms with Gasteiger partial charge < -0.3 is 24.6 Å². The molecule has 0 radical (unpaired) electrons. The van der Waals surface area contributed by atoms with Gasteiger partial charge >= 0.3 is 0 Å². The summed E-state index contributed by atoms with van der Waals surface area (Å²) in [7, 11) is 2.96. The Hall–Kier alpha value is -1.47. The molecule has 1 aliphatic rings. The highest BCUT2D eigenvalue weighted by Gasteiger charge is 2.49. The molecule has 116 valence electrons. The Kier molecular flexibility index (Phi) is 4.63. The van der Waals surface area contributed by atoms with Crippen LogP contribution in [-0.4, -0.2) is 65.8 Å². The van der Waals surface area contributed by atoms with Crippen LogP contribution in [-0.2, 0) is 9.47 Å². The molecule has 6 nitrogen and oxygen atoms in total. The number of amides is 1. The number of nitrogens with zero attached hydrogens (tertiary/aromatic N) is 1. The van der Waals surface area contributed by atoms with Crippen LogP contribution < -0.4 is 0 Å². The van der Waals surface area contributed by atoms with Crippen molar-refractivity contribution in [3.05, 3.63) is 35.9 Å². The van der Waals surface area contributed by atoms with Crippen LogP contribution >= 0.6 is 0 Å². The predicted octanol–water partition coefficient (Wildman–Crippen LogP) is 0.242. The molecule has 0 bridgehead atoms. The first kappa shape index (κ1) is 15.9. The highest BCUT2D eigenvalue weighted by molar-refractivity contribution is 5.94. The highest BCUT2D eigenvalue weighted by Crippen LogP contribution is 2.28. The van der Waals surface area contributed by atoms with E-state index in [4.69, 9.17) is 9.47 Å². The molecule has 21 heavy (non-hydrogen) atoms. The smallest absolute Gasteiger partial charge is 0.254 e. The molecule has 2 rings (SSSR count). The molecule has 1 heterocycles. The Morgan fingerprint density at radius 2 is 2.05 bits per heavy atom. The molecular weight excluding hydrogens is 274 g/mol. The molecule has 1 amide bonds. The number of carbonyl (C=O) groups excluding carboxylic acids is 1. The molecule has 1 aliphatic heterocycles. The zero-order valence-corrected chi connectivity index (χ0v) is 12.4. The second-order valence-electron chi connectivity index (χ2n) is 5.49. The normalized spacial score (nSPS) is 32.7. The lowest BCUT2D eigenvalue weighted by atomic mass is 9.88.